The first kappa shape index (κ1) is 11.3. The van der Waals surface area contributed by atoms with Gasteiger partial charge in [0.1, 0.15) is 6.07 Å². The Morgan fingerprint density at radius 3 is 3.00 bits per heavy atom. The van der Waals surface area contributed by atoms with Crippen molar-refractivity contribution in [3.8, 4) is 6.07 Å². The summed E-state index contributed by atoms with van der Waals surface area (Å²) in [5.74, 6) is -0.350. The lowest BCUT2D eigenvalue weighted by Crippen LogP contribution is -2.30. The van der Waals surface area contributed by atoms with Gasteiger partial charge in [0.2, 0.25) is 0 Å². The van der Waals surface area contributed by atoms with E-state index in [0.29, 0.717) is 24.0 Å². The summed E-state index contributed by atoms with van der Waals surface area (Å²) in [6.07, 6.45) is 3.53. The second-order valence-electron chi connectivity index (χ2n) is 3.95. The van der Waals surface area contributed by atoms with E-state index in [2.05, 4.69) is 16.3 Å². The third-order valence-corrected chi connectivity index (χ3v) is 2.65. The van der Waals surface area contributed by atoms with E-state index in [1.807, 2.05) is 4.90 Å². The SMILES string of the molecule is N#Cc1ccnnc1N(CCC(=O)O)C1CC1. The number of nitriles is 1. The highest BCUT2D eigenvalue weighted by Crippen LogP contribution is 2.31. The van der Waals surface area contributed by atoms with Crippen LogP contribution in [0.2, 0.25) is 0 Å². The van der Waals surface area contributed by atoms with Gasteiger partial charge in [-0.25, -0.2) is 0 Å². The molecular weight excluding hydrogens is 220 g/mol. The van der Waals surface area contributed by atoms with Gasteiger partial charge in [-0.05, 0) is 18.9 Å². The molecule has 0 saturated heterocycles. The third kappa shape index (κ3) is 2.69. The highest BCUT2D eigenvalue weighted by molar-refractivity contribution is 5.68. The molecule has 1 aromatic heterocycles. The van der Waals surface area contributed by atoms with Crippen LogP contribution in [0.5, 0.6) is 0 Å². The molecule has 1 aliphatic carbocycles. The minimum absolute atomic E-state index is 0.0396. The van der Waals surface area contributed by atoms with Gasteiger partial charge in [0.05, 0.1) is 18.2 Å². The lowest BCUT2D eigenvalue weighted by atomic mass is 10.2. The fraction of sp³-hybridized carbons (Fsp3) is 0.455. The van der Waals surface area contributed by atoms with Crippen LogP contribution >= 0.6 is 0 Å². The molecule has 1 aromatic rings. The molecule has 1 fully saturated rings. The molecular formula is C11H12N4O2. The molecule has 0 atom stereocenters. The van der Waals surface area contributed by atoms with Gasteiger partial charge in [-0.15, -0.1) is 5.10 Å². The number of hydrogen-bond acceptors (Lipinski definition) is 5. The molecule has 2 rings (SSSR count). The Hall–Kier alpha value is -2.16. The molecule has 0 spiro atoms. The summed E-state index contributed by atoms with van der Waals surface area (Å²) in [4.78, 5) is 12.5. The summed E-state index contributed by atoms with van der Waals surface area (Å²) in [6.45, 7) is 0.368. The Morgan fingerprint density at radius 2 is 2.41 bits per heavy atom. The van der Waals surface area contributed by atoms with E-state index in [1.165, 1.54) is 6.20 Å². The largest absolute Gasteiger partial charge is 0.481 e. The maximum Gasteiger partial charge on any atom is 0.305 e. The third-order valence-electron chi connectivity index (χ3n) is 2.65. The molecule has 17 heavy (non-hydrogen) atoms. The van der Waals surface area contributed by atoms with E-state index >= 15 is 0 Å². The number of rotatable bonds is 5. The summed E-state index contributed by atoms with van der Waals surface area (Å²) >= 11 is 0. The number of hydrogen-bond donors (Lipinski definition) is 1. The molecule has 6 heteroatoms. The van der Waals surface area contributed by atoms with Crippen molar-refractivity contribution in [2.45, 2.75) is 25.3 Å². The highest BCUT2D eigenvalue weighted by atomic mass is 16.4. The van der Waals surface area contributed by atoms with Crippen LogP contribution < -0.4 is 4.90 Å². The molecule has 0 bridgehead atoms. The van der Waals surface area contributed by atoms with Gasteiger partial charge in [0, 0.05) is 12.6 Å². The molecule has 88 valence electrons. The van der Waals surface area contributed by atoms with Crippen molar-refractivity contribution in [2.24, 2.45) is 0 Å². The number of anilines is 1. The monoisotopic (exact) mass is 232 g/mol. The van der Waals surface area contributed by atoms with Gasteiger partial charge in [0.15, 0.2) is 5.82 Å². The lowest BCUT2D eigenvalue weighted by Gasteiger charge is -2.22. The van der Waals surface area contributed by atoms with Gasteiger partial charge in [0.25, 0.3) is 0 Å². The number of aromatic nitrogens is 2. The number of nitrogens with zero attached hydrogens (tertiary/aromatic N) is 4. The Kier molecular flexibility index (Phi) is 3.19. The van der Waals surface area contributed by atoms with E-state index in [-0.39, 0.29) is 6.42 Å². The summed E-state index contributed by atoms with van der Waals surface area (Å²) in [5.41, 5.74) is 0.442. The normalized spacial score (nSPS) is 14.1. The van der Waals surface area contributed by atoms with Crippen molar-refractivity contribution < 1.29 is 9.90 Å². The molecule has 6 nitrogen and oxygen atoms in total. The Bertz CT molecular complexity index is 465. The van der Waals surface area contributed by atoms with Gasteiger partial charge < -0.3 is 10.0 Å². The molecule has 1 aliphatic rings. The minimum Gasteiger partial charge on any atom is -0.481 e. The van der Waals surface area contributed by atoms with Crippen molar-refractivity contribution in [1.82, 2.24) is 10.2 Å². The fourth-order valence-corrected chi connectivity index (χ4v) is 1.69. The Balaban J connectivity index is 2.20. The second-order valence-corrected chi connectivity index (χ2v) is 3.95. The predicted molar refractivity (Wildman–Crippen MR) is 59.4 cm³/mol. The zero-order chi connectivity index (χ0) is 12.3. The predicted octanol–water partition coefficient (Wildman–Crippen LogP) is 0.792. The Morgan fingerprint density at radius 1 is 1.65 bits per heavy atom. The molecule has 0 unspecified atom stereocenters. The van der Waals surface area contributed by atoms with Crippen LogP contribution in [0.25, 0.3) is 0 Å². The first-order valence-electron chi connectivity index (χ1n) is 5.42. The van der Waals surface area contributed by atoms with Crippen molar-refractivity contribution in [2.75, 3.05) is 11.4 Å². The zero-order valence-electron chi connectivity index (χ0n) is 9.20. The molecule has 0 aliphatic heterocycles. The van der Waals surface area contributed by atoms with Crippen molar-refractivity contribution >= 4 is 11.8 Å². The number of aliphatic carboxylic acids is 1. The van der Waals surface area contributed by atoms with Gasteiger partial charge in [-0.3, -0.25) is 4.79 Å². The number of carboxylic acids is 1. The van der Waals surface area contributed by atoms with Crippen molar-refractivity contribution in [3.63, 3.8) is 0 Å². The van der Waals surface area contributed by atoms with E-state index in [0.717, 1.165) is 12.8 Å². The van der Waals surface area contributed by atoms with Crippen LogP contribution in [0.3, 0.4) is 0 Å². The van der Waals surface area contributed by atoms with Crippen LogP contribution in [0.4, 0.5) is 5.82 Å². The zero-order valence-corrected chi connectivity index (χ0v) is 9.20. The first-order chi connectivity index (χ1) is 8.22. The van der Waals surface area contributed by atoms with E-state index in [4.69, 9.17) is 10.4 Å². The van der Waals surface area contributed by atoms with Crippen LogP contribution in [-0.2, 0) is 4.79 Å². The summed E-state index contributed by atoms with van der Waals surface area (Å²) in [6, 6.07) is 3.95. The molecule has 1 saturated carbocycles. The lowest BCUT2D eigenvalue weighted by molar-refractivity contribution is -0.136. The van der Waals surface area contributed by atoms with Crippen LogP contribution in [-0.4, -0.2) is 33.9 Å². The first-order valence-corrected chi connectivity index (χ1v) is 5.42. The number of carbonyl (C=O) groups is 1. The topological polar surface area (TPSA) is 90.1 Å². The Labute approximate surface area is 98.5 Å². The minimum atomic E-state index is -0.849. The van der Waals surface area contributed by atoms with E-state index < -0.39 is 5.97 Å². The fourth-order valence-electron chi connectivity index (χ4n) is 1.69. The van der Waals surface area contributed by atoms with Crippen LogP contribution in [0, 0.1) is 11.3 Å². The van der Waals surface area contributed by atoms with E-state index in [1.54, 1.807) is 6.07 Å². The molecule has 1 N–H and O–H groups in total. The average molecular weight is 232 g/mol. The molecule has 1 heterocycles. The highest BCUT2D eigenvalue weighted by Gasteiger charge is 2.31. The van der Waals surface area contributed by atoms with Crippen molar-refractivity contribution in [3.05, 3.63) is 17.8 Å². The molecule has 0 aromatic carbocycles. The summed E-state index contributed by atoms with van der Waals surface area (Å²) in [7, 11) is 0. The quantitative estimate of drug-likeness (QED) is 0.807. The number of carboxylic acid groups (broad SMARTS) is 1. The maximum atomic E-state index is 10.6. The smallest absolute Gasteiger partial charge is 0.305 e. The second kappa shape index (κ2) is 4.78. The standard InChI is InChI=1S/C11H12N4O2/c12-7-8-3-5-13-14-11(8)15(9-1-2-9)6-4-10(16)17/h3,5,9H,1-2,4,6H2,(H,16,17). The summed E-state index contributed by atoms with van der Waals surface area (Å²) in [5, 5.41) is 25.4. The van der Waals surface area contributed by atoms with Gasteiger partial charge in [-0.1, -0.05) is 0 Å². The van der Waals surface area contributed by atoms with Crippen LogP contribution in [0.15, 0.2) is 12.3 Å². The van der Waals surface area contributed by atoms with Gasteiger partial charge in [-0.2, -0.15) is 10.4 Å². The van der Waals surface area contributed by atoms with Crippen molar-refractivity contribution in [1.29, 1.82) is 5.26 Å². The maximum absolute atomic E-state index is 10.6. The molecule has 0 amide bonds. The van der Waals surface area contributed by atoms with Crippen LogP contribution in [0.1, 0.15) is 24.8 Å². The molecule has 0 radical (unpaired) electrons. The van der Waals surface area contributed by atoms with E-state index in [9.17, 15) is 4.79 Å². The summed E-state index contributed by atoms with van der Waals surface area (Å²) < 4.78 is 0. The average Bonchev–Trinajstić information content (AvgIpc) is 3.14. The van der Waals surface area contributed by atoms with Gasteiger partial charge >= 0.3 is 5.97 Å².